The third kappa shape index (κ3) is 3.58. The van der Waals surface area contributed by atoms with Crippen LogP contribution in [0.2, 0.25) is 0 Å². The molecule has 1 N–H and O–H groups in total. The number of methoxy groups -OCH3 is 1. The molecular weight excluding hydrogens is 358 g/mol. The van der Waals surface area contributed by atoms with Gasteiger partial charge in [0.25, 0.3) is 5.91 Å². The van der Waals surface area contributed by atoms with Crippen LogP contribution < -0.4 is 10.1 Å². The smallest absolute Gasteiger partial charge is 0.275 e. The van der Waals surface area contributed by atoms with Gasteiger partial charge in [0.15, 0.2) is 0 Å². The largest absolute Gasteiger partial charge is 0.494 e. The highest BCUT2D eigenvalue weighted by atomic mass is 16.5. The standard InChI is InChI=1S/C20H21N5O3/c1-28-19-9-16-14(8-17(19)23-20(27)18-10-21-6-7-22-18)11-25(24-16)15-4-2-13(12-26)3-5-15/h6-13,15H,2-5H2,1H3,(H,23,27)/t13-,15-. The number of amides is 1. The van der Waals surface area contributed by atoms with Gasteiger partial charge in [-0.1, -0.05) is 0 Å². The van der Waals surface area contributed by atoms with E-state index < -0.39 is 0 Å². The Hall–Kier alpha value is -3.29. The van der Waals surface area contributed by atoms with Crippen LogP contribution in [0.4, 0.5) is 5.69 Å². The highest BCUT2D eigenvalue weighted by Gasteiger charge is 2.23. The van der Waals surface area contributed by atoms with E-state index in [1.165, 1.54) is 18.6 Å². The number of rotatable bonds is 5. The highest BCUT2D eigenvalue weighted by molar-refractivity contribution is 6.04. The van der Waals surface area contributed by atoms with Crippen molar-refractivity contribution >= 4 is 28.8 Å². The van der Waals surface area contributed by atoms with E-state index in [0.717, 1.165) is 42.9 Å². The molecule has 144 valence electrons. The number of aldehydes is 1. The summed E-state index contributed by atoms with van der Waals surface area (Å²) in [5.41, 5.74) is 1.58. The predicted molar refractivity (Wildman–Crippen MR) is 103 cm³/mol. The average Bonchev–Trinajstić information content (AvgIpc) is 3.16. The lowest BCUT2D eigenvalue weighted by molar-refractivity contribution is -0.112. The number of carbonyl (C=O) groups excluding carboxylic acids is 2. The van der Waals surface area contributed by atoms with E-state index in [0.29, 0.717) is 11.4 Å². The second-order valence-electron chi connectivity index (χ2n) is 6.97. The number of nitrogens with zero attached hydrogens (tertiary/aromatic N) is 4. The molecule has 1 aliphatic carbocycles. The molecule has 3 aromatic rings. The van der Waals surface area contributed by atoms with Crippen molar-refractivity contribution in [3.63, 3.8) is 0 Å². The van der Waals surface area contributed by atoms with Crippen molar-refractivity contribution in [2.75, 3.05) is 12.4 Å². The van der Waals surface area contributed by atoms with E-state index in [4.69, 9.17) is 4.74 Å². The van der Waals surface area contributed by atoms with E-state index in [1.54, 1.807) is 7.11 Å². The lowest BCUT2D eigenvalue weighted by Crippen LogP contribution is -2.19. The number of fused-ring (bicyclic) bond motifs is 1. The zero-order chi connectivity index (χ0) is 19.5. The molecule has 2 aromatic heterocycles. The molecule has 1 amide bonds. The Balaban J connectivity index is 1.60. The Morgan fingerprint density at radius 3 is 2.75 bits per heavy atom. The van der Waals surface area contributed by atoms with Crippen LogP contribution in [0.25, 0.3) is 10.9 Å². The summed E-state index contributed by atoms with van der Waals surface area (Å²) in [7, 11) is 1.55. The van der Waals surface area contributed by atoms with Gasteiger partial charge in [-0.25, -0.2) is 4.98 Å². The maximum absolute atomic E-state index is 12.4. The summed E-state index contributed by atoms with van der Waals surface area (Å²) in [6.45, 7) is 0. The summed E-state index contributed by atoms with van der Waals surface area (Å²) in [4.78, 5) is 31.3. The molecule has 4 rings (SSSR count). The van der Waals surface area contributed by atoms with Crippen LogP contribution in [0, 0.1) is 5.92 Å². The maximum atomic E-state index is 12.4. The summed E-state index contributed by atoms with van der Waals surface area (Å²) in [5.74, 6) is 0.342. The molecule has 1 aliphatic rings. The number of aromatic nitrogens is 4. The van der Waals surface area contributed by atoms with E-state index in [-0.39, 0.29) is 23.6 Å². The first kappa shape index (κ1) is 18.1. The Morgan fingerprint density at radius 1 is 1.25 bits per heavy atom. The van der Waals surface area contributed by atoms with Crippen LogP contribution in [-0.2, 0) is 4.79 Å². The van der Waals surface area contributed by atoms with Crippen LogP contribution in [0.15, 0.2) is 36.9 Å². The van der Waals surface area contributed by atoms with Gasteiger partial charge >= 0.3 is 0 Å². The molecular formula is C20H21N5O3. The van der Waals surface area contributed by atoms with Crippen molar-refractivity contribution in [2.24, 2.45) is 5.92 Å². The monoisotopic (exact) mass is 379 g/mol. The topological polar surface area (TPSA) is 99.0 Å². The first-order chi connectivity index (χ1) is 13.7. The molecule has 0 unspecified atom stereocenters. The van der Waals surface area contributed by atoms with Crippen molar-refractivity contribution in [1.82, 2.24) is 19.7 Å². The maximum Gasteiger partial charge on any atom is 0.275 e. The minimum atomic E-state index is -0.356. The quantitative estimate of drug-likeness (QED) is 0.684. The van der Waals surface area contributed by atoms with Gasteiger partial charge in [-0.3, -0.25) is 14.5 Å². The van der Waals surface area contributed by atoms with Crippen molar-refractivity contribution in [3.8, 4) is 5.75 Å². The fourth-order valence-corrected chi connectivity index (χ4v) is 3.63. The van der Waals surface area contributed by atoms with Gasteiger partial charge in [0, 0.05) is 36.0 Å². The first-order valence-corrected chi connectivity index (χ1v) is 9.27. The molecule has 1 fully saturated rings. The van der Waals surface area contributed by atoms with Crippen molar-refractivity contribution in [1.29, 1.82) is 0 Å². The molecule has 0 atom stereocenters. The second kappa shape index (κ2) is 7.75. The van der Waals surface area contributed by atoms with Crippen LogP contribution in [0.3, 0.4) is 0 Å². The number of carbonyl (C=O) groups is 2. The van der Waals surface area contributed by atoms with Crippen LogP contribution in [-0.4, -0.2) is 39.1 Å². The first-order valence-electron chi connectivity index (χ1n) is 9.27. The van der Waals surface area contributed by atoms with Gasteiger partial charge in [-0.2, -0.15) is 5.10 Å². The van der Waals surface area contributed by atoms with E-state index in [2.05, 4.69) is 20.4 Å². The van der Waals surface area contributed by atoms with Crippen molar-refractivity contribution < 1.29 is 14.3 Å². The third-order valence-electron chi connectivity index (χ3n) is 5.20. The molecule has 0 saturated heterocycles. The van der Waals surface area contributed by atoms with Gasteiger partial charge in [-0.15, -0.1) is 0 Å². The third-order valence-corrected chi connectivity index (χ3v) is 5.20. The van der Waals surface area contributed by atoms with Crippen LogP contribution >= 0.6 is 0 Å². The second-order valence-corrected chi connectivity index (χ2v) is 6.97. The number of nitrogens with one attached hydrogen (secondary N) is 1. The summed E-state index contributed by atoms with van der Waals surface area (Å²) in [5, 5.41) is 8.43. The van der Waals surface area contributed by atoms with Gasteiger partial charge < -0.3 is 14.8 Å². The molecule has 28 heavy (non-hydrogen) atoms. The van der Waals surface area contributed by atoms with Crippen LogP contribution in [0.5, 0.6) is 5.75 Å². The normalized spacial score (nSPS) is 19.3. The minimum absolute atomic E-state index is 0.171. The molecule has 8 nitrogen and oxygen atoms in total. The molecule has 0 radical (unpaired) electrons. The highest BCUT2D eigenvalue weighted by Crippen LogP contribution is 2.34. The summed E-state index contributed by atoms with van der Waals surface area (Å²) < 4.78 is 7.41. The number of hydrogen-bond donors (Lipinski definition) is 1. The summed E-state index contributed by atoms with van der Waals surface area (Å²) in [6.07, 6.45) is 11.1. The minimum Gasteiger partial charge on any atom is -0.494 e. The number of benzene rings is 1. The van der Waals surface area contributed by atoms with Crippen molar-refractivity contribution in [3.05, 3.63) is 42.6 Å². The predicted octanol–water partition coefficient (Wildman–Crippen LogP) is 3.02. The fourth-order valence-electron chi connectivity index (χ4n) is 3.63. The Kier molecular flexibility index (Phi) is 5.01. The summed E-state index contributed by atoms with van der Waals surface area (Å²) in [6, 6.07) is 3.95. The summed E-state index contributed by atoms with van der Waals surface area (Å²) >= 11 is 0. The molecule has 1 saturated carbocycles. The molecule has 1 aromatic carbocycles. The average molecular weight is 379 g/mol. The van der Waals surface area contributed by atoms with E-state index >= 15 is 0 Å². The Labute approximate surface area is 161 Å². The van der Waals surface area contributed by atoms with Crippen LogP contribution in [0.1, 0.15) is 42.2 Å². The van der Waals surface area contributed by atoms with E-state index in [1.807, 2.05) is 23.0 Å². The lowest BCUT2D eigenvalue weighted by Gasteiger charge is -2.25. The zero-order valence-electron chi connectivity index (χ0n) is 15.5. The molecule has 0 bridgehead atoms. The zero-order valence-corrected chi connectivity index (χ0v) is 15.5. The fraction of sp³-hybridized carbons (Fsp3) is 0.350. The molecule has 2 heterocycles. The van der Waals surface area contributed by atoms with Gasteiger partial charge in [0.05, 0.1) is 30.6 Å². The van der Waals surface area contributed by atoms with E-state index in [9.17, 15) is 9.59 Å². The number of anilines is 1. The molecule has 0 spiro atoms. The molecule has 8 heteroatoms. The number of ether oxygens (including phenoxy) is 1. The molecule has 0 aliphatic heterocycles. The van der Waals surface area contributed by atoms with Crippen molar-refractivity contribution in [2.45, 2.75) is 31.7 Å². The SMILES string of the molecule is COc1cc2nn([C@H]3CC[C@H](C=O)CC3)cc2cc1NC(=O)c1cnccn1. The Bertz CT molecular complexity index is 994. The van der Waals surface area contributed by atoms with Gasteiger partial charge in [0.2, 0.25) is 0 Å². The van der Waals surface area contributed by atoms with Gasteiger partial charge in [-0.05, 0) is 31.7 Å². The lowest BCUT2D eigenvalue weighted by atomic mass is 9.87. The Morgan fingerprint density at radius 2 is 2.07 bits per heavy atom. The number of hydrogen-bond acceptors (Lipinski definition) is 6. The van der Waals surface area contributed by atoms with Gasteiger partial charge in [0.1, 0.15) is 17.7 Å².